The van der Waals surface area contributed by atoms with Crippen molar-refractivity contribution >= 4 is 33.1 Å². The Bertz CT molecular complexity index is 721. The first-order valence-electron chi connectivity index (χ1n) is 5.65. The van der Waals surface area contributed by atoms with E-state index in [1.807, 2.05) is 24.3 Å². The molecule has 0 bridgehead atoms. The molecule has 0 aliphatic rings. The van der Waals surface area contributed by atoms with Crippen molar-refractivity contribution in [3.05, 3.63) is 59.4 Å². The molecule has 0 unspecified atom stereocenters. The summed E-state index contributed by atoms with van der Waals surface area (Å²) in [4.78, 5) is 16.3. The fourth-order valence-corrected chi connectivity index (χ4v) is 2.58. The van der Waals surface area contributed by atoms with Gasteiger partial charge in [-0.25, -0.2) is 9.37 Å². The minimum absolute atomic E-state index is 0.327. The van der Waals surface area contributed by atoms with E-state index in [-0.39, 0.29) is 11.7 Å². The summed E-state index contributed by atoms with van der Waals surface area (Å²) in [5.41, 5.74) is 1.21. The standard InChI is InChI=1S/C14H9FN2OS/c15-9-4-3-5-10(8-9)16-13(18)14-17-11-6-1-2-7-12(11)19-14/h1-8H,(H,16,18). The van der Waals surface area contributed by atoms with Gasteiger partial charge in [0.15, 0.2) is 5.01 Å². The van der Waals surface area contributed by atoms with E-state index in [0.717, 1.165) is 10.2 Å². The molecule has 3 rings (SSSR count). The Kier molecular flexibility index (Phi) is 2.97. The number of hydrogen-bond donors (Lipinski definition) is 1. The van der Waals surface area contributed by atoms with Gasteiger partial charge in [-0.15, -0.1) is 11.3 Å². The number of amides is 1. The highest BCUT2D eigenvalue weighted by molar-refractivity contribution is 7.20. The van der Waals surface area contributed by atoms with Gasteiger partial charge in [-0.1, -0.05) is 18.2 Å². The molecular formula is C14H9FN2OS. The lowest BCUT2D eigenvalue weighted by Crippen LogP contribution is -2.11. The number of carbonyl (C=O) groups excluding carboxylic acids is 1. The van der Waals surface area contributed by atoms with Gasteiger partial charge in [-0.05, 0) is 30.3 Å². The Balaban J connectivity index is 1.87. The molecule has 19 heavy (non-hydrogen) atoms. The first-order valence-corrected chi connectivity index (χ1v) is 6.46. The Hall–Kier alpha value is -2.27. The second kappa shape index (κ2) is 4.78. The number of aromatic nitrogens is 1. The van der Waals surface area contributed by atoms with Crippen LogP contribution in [0.3, 0.4) is 0 Å². The largest absolute Gasteiger partial charge is 0.320 e. The normalized spacial score (nSPS) is 10.6. The Morgan fingerprint density at radius 3 is 2.79 bits per heavy atom. The number of hydrogen-bond acceptors (Lipinski definition) is 3. The molecule has 3 aromatic rings. The maximum absolute atomic E-state index is 13.0. The number of carbonyl (C=O) groups is 1. The molecule has 0 saturated heterocycles. The van der Waals surface area contributed by atoms with Crippen molar-refractivity contribution in [2.45, 2.75) is 0 Å². The molecule has 1 amide bonds. The predicted molar refractivity (Wildman–Crippen MR) is 74.0 cm³/mol. The van der Waals surface area contributed by atoms with Crippen LogP contribution in [0.25, 0.3) is 10.2 Å². The van der Waals surface area contributed by atoms with Gasteiger partial charge in [0.05, 0.1) is 10.2 Å². The van der Waals surface area contributed by atoms with Crippen LogP contribution in [-0.2, 0) is 0 Å². The molecule has 0 atom stereocenters. The van der Waals surface area contributed by atoms with E-state index >= 15 is 0 Å². The van der Waals surface area contributed by atoms with Gasteiger partial charge in [-0.2, -0.15) is 0 Å². The number of thiazole rings is 1. The second-order valence-corrected chi connectivity index (χ2v) is 4.98. The average Bonchev–Trinajstić information content (AvgIpc) is 2.82. The van der Waals surface area contributed by atoms with Gasteiger partial charge in [-0.3, -0.25) is 4.79 Å². The van der Waals surface area contributed by atoms with Crippen LogP contribution in [0.4, 0.5) is 10.1 Å². The number of rotatable bonds is 2. The van der Waals surface area contributed by atoms with Gasteiger partial charge in [0.25, 0.3) is 5.91 Å². The SMILES string of the molecule is O=C(Nc1cccc(F)c1)c1nc2ccccc2s1. The van der Waals surface area contributed by atoms with E-state index in [1.54, 1.807) is 12.1 Å². The molecule has 1 aromatic heterocycles. The van der Waals surface area contributed by atoms with Crippen molar-refractivity contribution in [1.29, 1.82) is 0 Å². The molecule has 1 heterocycles. The van der Waals surface area contributed by atoms with Crippen molar-refractivity contribution in [3.8, 4) is 0 Å². The van der Waals surface area contributed by atoms with E-state index in [2.05, 4.69) is 10.3 Å². The highest BCUT2D eigenvalue weighted by atomic mass is 32.1. The number of nitrogens with zero attached hydrogens (tertiary/aromatic N) is 1. The number of para-hydroxylation sites is 1. The molecule has 0 aliphatic carbocycles. The third kappa shape index (κ3) is 2.46. The first kappa shape index (κ1) is 11.8. The average molecular weight is 272 g/mol. The summed E-state index contributed by atoms with van der Waals surface area (Å²) >= 11 is 1.31. The highest BCUT2D eigenvalue weighted by Gasteiger charge is 2.12. The molecule has 0 aliphatic heterocycles. The lowest BCUT2D eigenvalue weighted by atomic mass is 10.3. The van der Waals surface area contributed by atoms with Crippen LogP contribution in [0.2, 0.25) is 0 Å². The van der Waals surface area contributed by atoms with Gasteiger partial charge >= 0.3 is 0 Å². The lowest BCUT2D eigenvalue weighted by molar-refractivity contribution is 0.102. The van der Waals surface area contributed by atoms with Crippen LogP contribution in [0, 0.1) is 5.82 Å². The number of nitrogens with one attached hydrogen (secondary N) is 1. The molecule has 0 spiro atoms. The summed E-state index contributed by atoms with van der Waals surface area (Å²) in [5, 5.41) is 3.00. The number of fused-ring (bicyclic) bond motifs is 1. The van der Waals surface area contributed by atoms with Gasteiger partial charge in [0.2, 0.25) is 0 Å². The minimum atomic E-state index is -0.387. The van der Waals surface area contributed by atoms with Gasteiger partial charge in [0, 0.05) is 5.69 Å². The molecule has 2 aromatic carbocycles. The van der Waals surface area contributed by atoms with Crippen LogP contribution in [0.1, 0.15) is 9.80 Å². The molecule has 1 N–H and O–H groups in total. The molecule has 0 saturated carbocycles. The third-order valence-electron chi connectivity index (χ3n) is 2.57. The maximum atomic E-state index is 13.0. The van der Waals surface area contributed by atoms with E-state index in [9.17, 15) is 9.18 Å². The van der Waals surface area contributed by atoms with Crippen molar-refractivity contribution in [3.63, 3.8) is 0 Å². The zero-order valence-electron chi connectivity index (χ0n) is 9.76. The summed E-state index contributed by atoms with van der Waals surface area (Å²) in [7, 11) is 0. The summed E-state index contributed by atoms with van der Waals surface area (Å²) in [6.45, 7) is 0. The summed E-state index contributed by atoms with van der Waals surface area (Å²) < 4.78 is 14.0. The number of benzene rings is 2. The maximum Gasteiger partial charge on any atom is 0.284 e. The predicted octanol–water partition coefficient (Wildman–Crippen LogP) is 3.69. The Labute approximate surface area is 112 Å². The van der Waals surface area contributed by atoms with Crippen molar-refractivity contribution in [2.75, 3.05) is 5.32 Å². The monoisotopic (exact) mass is 272 g/mol. The summed E-state index contributed by atoms with van der Waals surface area (Å²) in [5.74, 6) is -0.714. The molecule has 94 valence electrons. The van der Waals surface area contributed by atoms with Crippen molar-refractivity contribution in [1.82, 2.24) is 4.98 Å². The fourth-order valence-electron chi connectivity index (χ4n) is 1.72. The number of anilines is 1. The van der Waals surface area contributed by atoms with Gasteiger partial charge < -0.3 is 5.32 Å². The Morgan fingerprint density at radius 1 is 1.16 bits per heavy atom. The van der Waals surface area contributed by atoms with E-state index in [0.29, 0.717) is 10.7 Å². The van der Waals surface area contributed by atoms with Crippen molar-refractivity contribution in [2.24, 2.45) is 0 Å². The van der Waals surface area contributed by atoms with E-state index in [4.69, 9.17) is 0 Å². The van der Waals surface area contributed by atoms with Gasteiger partial charge in [0.1, 0.15) is 5.82 Å². The molecule has 3 nitrogen and oxygen atoms in total. The highest BCUT2D eigenvalue weighted by Crippen LogP contribution is 2.22. The number of halogens is 1. The molecule has 0 fully saturated rings. The van der Waals surface area contributed by atoms with Crippen LogP contribution in [0.15, 0.2) is 48.5 Å². The first-order chi connectivity index (χ1) is 9.22. The molecular weight excluding hydrogens is 263 g/mol. The molecule has 5 heteroatoms. The fraction of sp³-hybridized carbons (Fsp3) is 0. The minimum Gasteiger partial charge on any atom is -0.320 e. The van der Waals surface area contributed by atoms with Crippen molar-refractivity contribution < 1.29 is 9.18 Å². The Morgan fingerprint density at radius 2 is 2.00 bits per heavy atom. The smallest absolute Gasteiger partial charge is 0.284 e. The zero-order chi connectivity index (χ0) is 13.2. The van der Waals surface area contributed by atoms with Crippen LogP contribution >= 0.6 is 11.3 Å². The second-order valence-electron chi connectivity index (χ2n) is 3.95. The topological polar surface area (TPSA) is 42.0 Å². The lowest BCUT2D eigenvalue weighted by Gasteiger charge is -2.02. The summed E-state index contributed by atoms with van der Waals surface area (Å²) in [6.07, 6.45) is 0. The van der Waals surface area contributed by atoms with Crippen LogP contribution < -0.4 is 5.32 Å². The van der Waals surface area contributed by atoms with E-state index < -0.39 is 0 Å². The quantitative estimate of drug-likeness (QED) is 0.773. The summed E-state index contributed by atoms with van der Waals surface area (Å²) in [6, 6.07) is 13.3. The molecule has 0 radical (unpaired) electrons. The van der Waals surface area contributed by atoms with E-state index in [1.165, 1.54) is 23.5 Å². The van der Waals surface area contributed by atoms with Crippen LogP contribution in [0.5, 0.6) is 0 Å². The zero-order valence-corrected chi connectivity index (χ0v) is 10.6. The third-order valence-corrected chi connectivity index (χ3v) is 3.61. The van der Waals surface area contributed by atoms with Crippen LogP contribution in [-0.4, -0.2) is 10.9 Å².